The molecule has 0 saturated carbocycles. The molecule has 0 N–H and O–H groups in total. The topological polar surface area (TPSA) is 52.3 Å². The Balaban J connectivity index is 1.11. The number of carbonyl (C=O) groups is 1. The van der Waals surface area contributed by atoms with Crippen molar-refractivity contribution in [3.05, 3.63) is 78.8 Å². The number of fused-ring (bicyclic) bond motifs is 1. The molecule has 6 heteroatoms. The number of likely N-dealkylation sites (tertiary alicyclic amines) is 1. The van der Waals surface area contributed by atoms with Gasteiger partial charge >= 0.3 is 0 Å². The van der Waals surface area contributed by atoms with Crippen molar-refractivity contribution < 1.29 is 9.53 Å². The van der Waals surface area contributed by atoms with Crippen LogP contribution in [0, 0.1) is 5.92 Å². The van der Waals surface area contributed by atoms with Crippen LogP contribution in [-0.4, -0.2) is 44.9 Å². The lowest BCUT2D eigenvalue weighted by Gasteiger charge is -2.22. The van der Waals surface area contributed by atoms with Crippen LogP contribution in [0.25, 0.3) is 22.0 Å². The van der Waals surface area contributed by atoms with Crippen LogP contribution in [0.3, 0.4) is 0 Å². The summed E-state index contributed by atoms with van der Waals surface area (Å²) >= 11 is 0. The normalized spacial score (nSPS) is 20.5. The van der Waals surface area contributed by atoms with Gasteiger partial charge in [0.05, 0.1) is 12.6 Å². The Kier molecular flexibility index (Phi) is 6.13. The summed E-state index contributed by atoms with van der Waals surface area (Å²) in [6.07, 6.45) is 11.2. The van der Waals surface area contributed by atoms with Crippen molar-refractivity contribution in [3.8, 4) is 11.1 Å². The number of aromatic nitrogens is 3. The van der Waals surface area contributed by atoms with Crippen LogP contribution < -0.4 is 0 Å². The summed E-state index contributed by atoms with van der Waals surface area (Å²) in [7, 11) is 0. The molecule has 2 fully saturated rings. The Labute approximate surface area is 206 Å². The Morgan fingerprint density at radius 1 is 1.03 bits per heavy atom. The van der Waals surface area contributed by atoms with Crippen LogP contribution in [0.4, 0.5) is 0 Å². The fourth-order valence-corrected chi connectivity index (χ4v) is 5.48. The van der Waals surface area contributed by atoms with E-state index in [1.54, 1.807) is 0 Å². The molecule has 2 aliphatic rings. The van der Waals surface area contributed by atoms with Crippen LogP contribution in [0.15, 0.2) is 73.2 Å². The average molecular weight is 469 g/mol. The van der Waals surface area contributed by atoms with Crippen molar-refractivity contribution >= 4 is 16.8 Å². The lowest BCUT2D eigenvalue weighted by atomic mass is 10.1. The smallest absolute Gasteiger partial charge is 0.226 e. The average Bonchev–Trinajstić information content (AvgIpc) is 3.66. The van der Waals surface area contributed by atoms with Crippen LogP contribution in [0.2, 0.25) is 0 Å². The second-order valence-electron chi connectivity index (χ2n) is 9.93. The van der Waals surface area contributed by atoms with Gasteiger partial charge in [-0.25, -0.2) is 4.68 Å². The molecule has 0 radical (unpaired) electrons. The number of benzene rings is 2. The lowest BCUT2D eigenvalue weighted by Crippen LogP contribution is -2.30. The molecule has 0 spiro atoms. The molecular formula is C29H32N4O2. The molecule has 2 aromatic heterocycles. The minimum Gasteiger partial charge on any atom is -0.357 e. The molecule has 2 aromatic carbocycles. The first-order valence-corrected chi connectivity index (χ1v) is 12.8. The second kappa shape index (κ2) is 9.70. The largest absolute Gasteiger partial charge is 0.357 e. The number of carbonyl (C=O) groups excluding carboxylic acids is 1. The van der Waals surface area contributed by atoms with Gasteiger partial charge in [-0.3, -0.25) is 4.79 Å². The molecular weight excluding hydrogens is 436 g/mol. The van der Waals surface area contributed by atoms with Gasteiger partial charge in [-0.1, -0.05) is 36.4 Å². The predicted octanol–water partition coefficient (Wildman–Crippen LogP) is 5.30. The van der Waals surface area contributed by atoms with Gasteiger partial charge in [0, 0.05) is 55.1 Å². The molecule has 2 atom stereocenters. The number of hydrogen-bond acceptors (Lipinski definition) is 3. The molecule has 6 rings (SSSR count). The minimum absolute atomic E-state index is 0.0628. The van der Waals surface area contributed by atoms with E-state index in [0.717, 1.165) is 56.6 Å². The van der Waals surface area contributed by atoms with E-state index in [4.69, 9.17) is 4.74 Å². The Morgan fingerprint density at radius 3 is 2.80 bits per heavy atom. The van der Waals surface area contributed by atoms with Gasteiger partial charge in [0.15, 0.2) is 0 Å². The molecule has 2 unspecified atom stereocenters. The molecule has 0 bridgehead atoms. The second-order valence-corrected chi connectivity index (χ2v) is 9.93. The standard InChI is InChI=1S/C29H32N4O2/c34-28(16-22-6-2-1-3-7-22)32-13-11-23(20-32)19-31-14-12-25-17-24(9-10-27(25)31)26-18-30-33(21-26)29-8-4-5-15-35-29/h1-3,6-7,9-10,12,14,17-18,21,23,29H,4-5,8,11,13,15-16,19-20H2. The summed E-state index contributed by atoms with van der Waals surface area (Å²) < 4.78 is 10.2. The quantitative estimate of drug-likeness (QED) is 0.386. The molecule has 2 saturated heterocycles. The van der Waals surface area contributed by atoms with Crippen molar-refractivity contribution in [2.75, 3.05) is 19.7 Å². The molecule has 2 aliphatic heterocycles. The van der Waals surface area contributed by atoms with Gasteiger partial charge in [-0.05, 0) is 60.9 Å². The van der Waals surface area contributed by atoms with Crippen molar-refractivity contribution in [2.24, 2.45) is 5.92 Å². The van der Waals surface area contributed by atoms with E-state index in [-0.39, 0.29) is 12.1 Å². The Morgan fingerprint density at radius 2 is 1.94 bits per heavy atom. The van der Waals surface area contributed by atoms with E-state index < -0.39 is 0 Å². The zero-order valence-electron chi connectivity index (χ0n) is 20.1. The lowest BCUT2D eigenvalue weighted by molar-refractivity contribution is -0.129. The summed E-state index contributed by atoms with van der Waals surface area (Å²) in [5, 5.41) is 5.81. The third kappa shape index (κ3) is 4.76. The van der Waals surface area contributed by atoms with Gasteiger partial charge in [0.2, 0.25) is 5.91 Å². The van der Waals surface area contributed by atoms with E-state index in [9.17, 15) is 4.79 Å². The molecule has 0 aliphatic carbocycles. The van der Waals surface area contributed by atoms with Crippen LogP contribution in [0.5, 0.6) is 0 Å². The summed E-state index contributed by atoms with van der Waals surface area (Å²) in [5.41, 5.74) is 4.63. The molecule has 4 aromatic rings. The minimum atomic E-state index is 0.0628. The molecule has 35 heavy (non-hydrogen) atoms. The number of ether oxygens (including phenoxy) is 1. The van der Waals surface area contributed by atoms with Crippen LogP contribution >= 0.6 is 0 Å². The van der Waals surface area contributed by atoms with Gasteiger partial charge in [0.1, 0.15) is 6.23 Å². The first kappa shape index (κ1) is 22.1. The Bertz CT molecular complexity index is 1300. The first-order valence-electron chi connectivity index (χ1n) is 12.8. The predicted molar refractivity (Wildman–Crippen MR) is 137 cm³/mol. The number of nitrogens with zero attached hydrogens (tertiary/aromatic N) is 4. The molecule has 180 valence electrons. The van der Waals surface area contributed by atoms with Gasteiger partial charge in [0.25, 0.3) is 0 Å². The highest BCUT2D eigenvalue weighted by Gasteiger charge is 2.26. The van der Waals surface area contributed by atoms with Crippen molar-refractivity contribution in [1.29, 1.82) is 0 Å². The number of amides is 1. The first-order chi connectivity index (χ1) is 17.2. The summed E-state index contributed by atoms with van der Waals surface area (Å²) in [5.74, 6) is 0.721. The monoisotopic (exact) mass is 468 g/mol. The van der Waals surface area contributed by atoms with Crippen molar-refractivity contribution in [3.63, 3.8) is 0 Å². The maximum atomic E-state index is 12.8. The van der Waals surface area contributed by atoms with E-state index in [2.05, 4.69) is 46.3 Å². The highest BCUT2D eigenvalue weighted by atomic mass is 16.5. The van der Waals surface area contributed by atoms with Crippen LogP contribution in [-0.2, 0) is 22.5 Å². The highest BCUT2D eigenvalue weighted by Crippen LogP contribution is 2.29. The molecule has 6 nitrogen and oxygen atoms in total. The van der Waals surface area contributed by atoms with Gasteiger partial charge < -0.3 is 14.2 Å². The maximum Gasteiger partial charge on any atom is 0.226 e. The van der Waals surface area contributed by atoms with Crippen LogP contribution in [0.1, 0.15) is 37.5 Å². The molecule has 1 amide bonds. The zero-order valence-corrected chi connectivity index (χ0v) is 20.1. The third-order valence-corrected chi connectivity index (χ3v) is 7.45. The van der Waals surface area contributed by atoms with Gasteiger partial charge in [-0.2, -0.15) is 5.10 Å². The summed E-state index contributed by atoms with van der Waals surface area (Å²) in [6.45, 7) is 3.45. The van der Waals surface area contributed by atoms with E-state index in [0.29, 0.717) is 12.3 Å². The van der Waals surface area contributed by atoms with E-state index in [1.165, 1.54) is 22.9 Å². The zero-order chi connectivity index (χ0) is 23.6. The number of hydrogen-bond donors (Lipinski definition) is 0. The third-order valence-electron chi connectivity index (χ3n) is 7.45. The van der Waals surface area contributed by atoms with Gasteiger partial charge in [-0.15, -0.1) is 0 Å². The highest BCUT2D eigenvalue weighted by molar-refractivity contribution is 5.85. The van der Waals surface area contributed by atoms with Crippen molar-refractivity contribution in [2.45, 2.75) is 44.9 Å². The Hall–Kier alpha value is -3.38. The molecule has 4 heterocycles. The van der Waals surface area contributed by atoms with E-state index in [1.807, 2.05) is 46.1 Å². The fourth-order valence-electron chi connectivity index (χ4n) is 5.48. The van der Waals surface area contributed by atoms with Crippen molar-refractivity contribution in [1.82, 2.24) is 19.2 Å². The maximum absolute atomic E-state index is 12.8. The van der Waals surface area contributed by atoms with E-state index >= 15 is 0 Å². The fraction of sp³-hybridized carbons (Fsp3) is 0.379. The summed E-state index contributed by atoms with van der Waals surface area (Å²) in [6, 6.07) is 18.9. The summed E-state index contributed by atoms with van der Waals surface area (Å²) in [4.78, 5) is 14.8. The SMILES string of the molecule is O=C(Cc1ccccc1)N1CCC(Cn2ccc3cc(-c4cnn(C5CCCCO5)c4)ccc32)C1. The number of rotatable bonds is 6.